The number of fused-ring (bicyclic) bond motifs is 1. The molecule has 0 saturated heterocycles. The van der Waals surface area contributed by atoms with Crippen LogP contribution < -0.4 is 16.4 Å². The van der Waals surface area contributed by atoms with Crippen molar-refractivity contribution >= 4 is 56.6 Å². The predicted octanol–water partition coefficient (Wildman–Crippen LogP) is 5.60. The molecule has 0 spiro atoms. The van der Waals surface area contributed by atoms with Crippen LogP contribution in [0.4, 0.5) is 21.9 Å². The number of nitrogens with zero attached hydrogens (tertiary/aromatic N) is 1. The Morgan fingerprint density at radius 1 is 1.09 bits per heavy atom. The van der Waals surface area contributed by atoms with Crippen molar-refractivity contribution in [1.29, 1.82) is 0 Å². The van der Waals surface area contributed by atoms with E-state index >= 15 is 0 Å². The first-order valence-corrected chi connectivity index (χ1v) is 10.6. The number of urea groups is 1. The van der Waals surface area contributed by atoms with Gasteiger partial charge in [0.25, 0.3) is 0 Å². The molecule has 4 aromatic rings. The molecule has 32 heavy (non-hydrogen) atoms. The van der Waals surface area contributed by atoms with Crippen LogP contribution in [-0.4, -0.2) is 22.1 Å². The Bertz CT molecular complexity index is 1340. The van der Waals surface area contributed by atoms with Crippen molar-refractivity contribution in [2.24, 2.45) is 0 Å². The lowest BCUT2D eigenvalue weighted by Gasteiger charge is -2.09. The van der Waals surface area contributed by atoms with E-state index in [9.17, 15) is 9.59 Å². The van der Waals surface area contributed by atoms with E-state index in [2.05, 4.69) is 15.6 Å². The van der Waals surface area contributed by atoms with Crippen molar-refractivity contribution in [1.82, 2.24) is 4.98 Å². The van der Waals surface area contributed by atoms with Gasteiger partial charge in [-0.2, -0.15) is 0 Å². The van der Waals surface area contributed by atoms with Crippen LogP contribution in [0.15, 0.2) is 66.2 Å². The van der Waals surface area contributed by atoms with Crippen molar-refractivity contribution in [3.63, 3.8) is 0 Å². The van der Waals surface area contributed by atoms with Crippen LogP contribution in [0.5, 0.6) is 0 Å². The largest absolute Gasteiger partial charge is 0.478 e. The number of aromatic nitrogens is 1. The molecule has 0 atom stereocenters. The number of carbonyl (C=O) groups is 2. The highest BCUT2D eigenvalue weighted by molar-refractivity contribution is 7.18. The maximum atomic E-state index is 12.3. The van der Waals surface area contributed by atoms with Crippen molar-refractivity contribution in [3.8, 4) is 11.1 Å². The minimum Gasteiger partial charge on any atom is -0.478 e. The van der Waals surface area contributed by atoms with Crippen LogP contribution >= 0.6 is 11.3 Å². The summed E-state index contributed by atoms with van der Waals surface area (Å²) in [6.07, 6.45) is 4.05. The van der Waals surface area contributed by atoms with E-state index in [-0.39, 0.29) is 6.03 Å². The normalized spacial score (nSPS) is 11.0. The first kappa shape index (κ1) is 21.1. The summed E-state index contributed by atoms with van der Waals surface area (Å²) in [6.45, 7) is 1.96. The third-order valence-electron chi connectivity index (χ3n) is 4.77. The van der Waals surface area contributed by atoms with Crippen molar-refractivity contribution in [2.45, 2.75) is 6.92 Å². The number of benzene rings is 2. The Hall–Kier alpha value is -4.17. The first-order chi connectivity index (χ1) is 15.4. The predicted molar refractivity (Wildman–Crippen MR) is 130 cm³/mol. The first-order valence-electron chi connectivity index (χ1n) is 9.72. The van der Waals surface area contributed by atoms with E-state index in [0.29, 0.717) is 17.1 Å². The van der Waals surface area contributed by atoms with Gasteiger partial charge in [-0.25, -0.2) is 9.59 Å². The van der Waals surface area contributed by atoms with E-state index < -0.39 is 5.97 Å². The van der Waals surface area contributed by atoms with E-state index in [1.165, 1.54) is 23.6 Å². The summed E-state index contributed by atoms with van der Waals surface area (Å²) in [4.78, 5) is 27.4. The topological polar surface area (TPSA) is 117 Å². The van der Waals surface area contributed by atoms with E-state index in [1.807, 2.05) is 60.8 Å². The summed E-state index contributed by atoms with van der Waals surface area (Å²) in [5.74, 6) is -1.04. The third-order valence-corrected chi connectivity index (χ3v) is 5.77. The summed E-state index contributed by atoms with van der Waals surface area (Å²) >= 11 is 1.45. The van der Waals surface area contributed by atoms with Crippen molar-refractivity contribution in [3.05, 3.63) is 77.4 Å². The zero-order valence-electron chi connectivity index (χ0n) is 17.1. The van der Waals surface area contributed by atoms with Crippen LogP contribution in [0.25, 0.3) is 27.3 Å². The molecule has 2 amide bonds. The quantitative estimate of drug-likeness (QED) is 0.299. The number of thiophene rings is 1. The lowest BCUT2D eigenvalue weighted by molar-refractivity contribution is -0.131. The van der Waals surface area contributed by atoms with Gasteiger partial charge in [0.15, 0.2) is 0 Å². The molecule has 2 aromatic heterocycles. The molecular weight excluding hydrogens is 424 g/mol. The van der Waals surface area contributed by atoms with E-state index in [4.69, 9.17) is 10.8 Å². The number of carboxylic acids is 1. The second kappa shape index (κ2) is 8.91. The number of carboxylic acid groups (broad SMARTS) is 1. The van der Waals surface area contributed by atoms with Gasteiger partial charge in [0, 0.05) is 28.4 Å². The van der Waals surface area contributed by atoms with Crippen LogP contribution in [0.3, 0.4) is 0 Å². The molecular formula is C24H20N4O3S. The lowest BCUT2D eigenvalue weighted by atomic mass is 10.0. The molecule has 0 saturated carbocycles. The van der Waals surface area contributed by atoms with Crippen LogP contribution in [-0.2, 0) is 4.79 Å². The number of rotatable bonds is 5. The number of anilines is 3. The number of hydrogen-bond donors (Lipinski definition) is 4. The maximum Gasteiger partial charge on any atom is 0.328 e. The van der Waals surface area contributed by atoms with Gasteiger partial charge in [0.2, 0.25) is 0 Å². The van der Waals surface area contributed by atoms with Crippen LogP contribution in [0.1, 0.15) is 11.3 Å². The molecule has 160 valence electrons. The Morgan fingerprint density at radius 3 is 2.56 bits per heavy atom. The molecule has 0 unspecified atom stereocenters. The molecule has 0 fully saturated rings. The van der Waals surface area contributed by atoms with Gasteiger partial charge in [0.05, 0.1) is 22.3 Å². The summed E-state index contributed by atoms with van der Waals surface area (Å²) in [5.41, 5.74) is 11.5. The number of hydrogen-bond acceptors (Lipinski definition) is 5. The van der Waals surface area contributed by atoms with Gasteiger partial charge in [-0.3, -0.25) is 4.98 Å². The van der Waals surface area contributed by atoms with Gasteiger partial charge in [-0.15, -0.1) is 11.3 Å². The number of carbonyl (C=O) groups excluding carboxylic acids is 1. The second-order valence-electron chi connectivity index (χ2n) is 7.15. The number of nitrogens with two attached hydrogens (primary N) is 1. The Balaban J connectivity index is 1.56. The number of nitrogens with one attached hydrogen (secondary N) is 2. The highest BCUT2D eigenvalue weighted by Crippen LogP contribution is 2.39. The molecule has 8 heteroatoms. The van der Waals surface area contributed by atoms with Gasteiger partial charge in [0.1, 0.15) is 0 Å². The van der Waals surface area contributed by atoms with E-state index in [1.54, 1.807) is 0 Å². The average Bonchev–Trinajstić information content (AvgIpc) is 3.20. The molecule has 0 aliphatic heterocycles. The van der Waals surface area contributed by atoms with Crippen LogP contribution in [0.2, 0.25) is 0 Å². The van der Waals surface area contributed by atoms with Gasteiger partial charge < -0.3 is 21.5 Å². The molecule has 0 aliphatic rings. The minimum atomic E-state index is -1.04. The fourth-order valence-electron chi connectivity index (χ4n) is 3.33. The Kier molecular flexibility index (Phi) is 5.87. The summed E-state index contributed by atoms with van der Waals surface area (Å²) in [7, 11) is 0. The fraction of sp³-hybridized carbons (Fsp3) is 0.0417. The molecule has 2 aromatic carbocycles. The van der Waals surface area contributed by atoms with Gasteiger partial charge in [-0.1, -0.05) is 24.3 Å². The monoisotopic (exact) mass is 444 g/mol. The fourth-order valence-corrected chi connectivity index (χ4v) is 4.40. The van der Waals surface area contributed by atoms with Crippen molar-refractivity contribution < 1.29 is 14.7 Å². The third kappa shape index (κ3) is 4.60. The molecule has 0 aliphatic carbocycles. The summed E-state index contributed by atoms with van der Waals surface area (Å²) < 4.78 is 0.817. The van der Waals surface area contributed by atoms with Gasteiger partial charge >= 0.3 is 12.0 Å². The molecule has 7 nitrogen and oxygen atoms in total. The molecule has 0 radical (unpaired) electrons. The summed E-state index contributed by atoms with van der Waals surface area (Å²) in [6, 6.07) is 14.7. The smallest absolute Gasteiger partial charge is 0.328 e. The molecule has 0 bridgehead atoms. The lowest BCUT2D eigenvalue weighted by Crippen LogP contribution is -2.19. The maximum absolute atomic E-state index is 12.3. The molecule has 5 N–H and O–H groups in total. The number of aryl methyl sites for hydroxylation is 1. The second-order valence-corrected chi connectivity index (χ2v) is 8.03. The SMILES string of the molecule is Cc1cccc(NC(=O)Nc2ccc(-c3csc4c(/C=C/C(=O)O)ncc(N)c34)cc2)c1. The molecule has 4 rings (SSSR count). The highest BCUT2D eigenvalue weighted by Gasteiger charge is 2.13. The van der Waals surface area contributed by atoms with Gasteiger partial charge in [-0.05, 0) is 53.8 Å². The minimum absolute atomic E-state index is 0.325. The Morgan fingerprint density at radius 2 is 1.84 bits per heavy atom. The average molecular weight is 445 g/mol. The van der Waals surface area contributed by atoms with Crippen LogP contribution in [0, 0.1) is 6.92 Å². The van der Waals surface area contributed by atoms with Crippen molar-refractivity contribution in [2.75, 3.05) is 16.4 Å². The number of aliphatic carboxylic acids is 1. The summed E-state index contributed by atoms with van der Waals surface area (Å²) in [5, 5.41) is 17.3. The molecule has 2 heterocycles. The zero-order chi connectivity index (χ0) is 22.7. The Labute approximate surface area is 188 Å². The van der Waals surface area contributed by atoms with E-state index in [0.717, 1.165) is 38.5 Å². The number of amides is 2. The number of pyridine rings is 1. The highest BCUT2D eigenvalue weighted by atomic mass is 32.1. The number of nitrogen functional groups attached to an aromatic ring is 1. The zero-order valence-corrected chi connectivity index (χ0v) is 17.9. The standard InChI is InChI=1S/C24H20N4O3S/c1-14-3-2-4-17(11-14)28-24(31)27-16-7-5-15(6-8-16)18-13-32-23-20(9-10-21(29)30)26-12-19(25)22(18)23/h2-13H,25H2,1H3,(H,29,30)(H2,27,28,31)/b10-9+.